The number of fused-ring (bicyclic) bond motifs is 3. The second-order valence-corrected chi connectivity index (χ2v) is 6.44. The van der Waals surface area contributed by atoms with E-state index in [1.807, 2.05) is 6.92 Å². The zero-order chi connectivity index (χ0) is 12.3. The zero-order valence-electron chi connectivity index (χ0n) is 10.7. The highest BCUT2D eigenvalue weighted by atomic mass is 16.6. The first-order valence-electron chi connectivity index (χ1n) is 6.89. The summed E-state index contributed by atoms with van der Waals surface area (Å²) in [7, 11) is 0. The van der Waals surface area contributed by atoms with Gasteiger partial charge >= 0.3 is 0 Å². The van der Waals surface area contributed by atoms with E-state index in [4.69, 9.17) is 4.74 Å². The molecule has 17 heavy (non-hydrogen) atoms. The lowest BCUT2D eigenvalue weighted by molar-refractivity contribution is -0.311. The van der Waals surface area contributed by atoms with Crippen molar-refractivity contribution in [3.05, 3.63) is 0 Å². The number of ether oxygens (including phenoxy) is 1. The Labute approximate surface area is 103 Å². The molecule has 5 atom stereocenters. The second kappa shape index (κ2) is 3.55. The number of ketones is 1. The molecular formula is C14H22O3. The van der Waals surface area contributed by atoms with E-state index in [1.165, 1.54) is 0 Å². The number of hydrogen-bond acceptors (Lipinski definition) is 3. The lowest BCUT2D eigenvalue weighted by Gasteiger charge is -2.53. The van der Waals surface area contributed by atoms with Gasteiger partial charge in [-0.1, -0.05) is 6.92 Å². The van der Waals surface area contributed by atoms with Crippen LogP contribution in [0, 0.1) is 17.3 Å². The van der Waals surface area contributed by atoms with Crippen molar-refractivity contribution in [2.45, 2.75) is 64.3 Å². The fourth-order valence-electron chi connectivity index (χ4n) is 4.40. The van der Waals surface area contributed by atoms with Crippen molar-refractivity contribution in [2.24, 2.45) is 17.3 Å². The monoisotopic (exact) mass is 238 g/mol. The minimum atomic E-state index is -0.952. The van der Waals surface area contributed by atoms with Gasteiger partial charge in [-0.3, -0.25) is 4.79 Å². The fourth-order valence-corrected chi connectivity index (χ4v) is 4.40. The highest BCUT2D eigenvalue weighted by molar-refractivity contribution is 5.87. The molecule has 3 aliphatic rings. The second-order valence-electron chi connectivity index (χ2n) is 6.44. The Morgan fingerprint density at radius 1 is 1.24 bits per heavy atom. The van der Waals surface area contributed by atoms with Crippen molar-refractivity contribution in [3.8, 4) is 0 Å². The van der Waals surface area contributed by atoms with E-state index in [9.17, 15) is 9.90 Å². The summed E-state index contributed by atoms with van der Waals surface area (Å²) in [6.07, 6.45) is 5.22. The SMILES string of the molecule is CC1CCC2C3CCC(=O)[C@]3(C)CCC2(O)O1. The largest absolute Gasteiger partial charge is 0.365 e. The minimum Gasteiger partial charge on any atom is -0.365 e. The van der Waals surface area contributed by atoms with Crippen molar-refractivity contribution in [2.75, 3.05) is 0 Å². The van der Waals surface area contributed by atoms with Crippen LogP contribution in [0.15, 0.2) is 0 Å². The molecule has 0 amide bonds. The predicted octanol–water partition coefficient (Wildman–Crippen LogP) is 2.27. The van der Waals surface area contributed by atoms with Crippen molar-refractivity contribution in [1.29, 1.82) is 0 Å². The van der Waals surface area contributed by atoms with E-state index in [-0.39, 0.29) is 17.4 Å². The third kappa shape index (κ3) is 1.52. The van der Waals surface area contributed by atoms with Gasteiger partial charge in [-0.25, -0.2) is 0 Å². The van der Waals surface area contributed by atoms with Crippen LogP contribution in [-0.4, -0.2) is 22.8 Å². The number of Topliss-reactive ketones (excluding diaryl/α,β-unsaturated/α-hetero) is 1. The summed E-state index contributed by atoms with van der Waals surface area (Å²) in [5.74, 6) is -0.0414. The van der Waals surface area contributed by atoms with E-state index in [2.05, 4.69) is 6.92 Å². The molecule has 0 radical (unpaired) electrons. The molecule has 3 heteroatoms. The first-order chi connectivity index (χ1) is 7.96. The summed E-state index contributed by atoms with van der Waals surface area (Å²) < 4.78 is 5.81. The molecule has 1 aliphatic heterocycles. The van der Waals surface area contributed by atoms with Crippen molar-refractivity contribution < 1.29 is 14.6 Å². The number of carbonyl (C=O) groups is 1. The summed E-state index contributed by atoms with van der Waals surface area (Å²) in [5, 5.41) is 10.7. The first kappa shape index (κ1) is 11.7. The topological polar surface area (TPSA) is 46.5 Å². The lowest BCUT2D eigenvalue weighted by atomic mass is 9.60. The van der Waals surface area contributed by atoms with Gasteiger partial charge in [-0.05, 0) is 38.5 Å². The third-order valence-corrected chi connectivity index (χ3v) is 5.49. The van der Waals surface area contributed by atoms with Crippen LogP contribution >= 0.6 is 0 Å². The molecule has 2 saturated carbocycles. The number of carbonyl (C=O) groups excluding carboxylic acids is 1. The van der Waals surface area contributed by atoms with Gasteiger partial charge in [0, 0.05) is 24.2 Å². The Bertz CT molecular complexity index is 353. The Hall–Kier alpha value is -0.410. The molecule has 3 fully saturated rings. The van der Waals surface area contributed by atoms with Crippen molar-refractivity contribution in [1.82, 2.24) is 0 Å². The Kier molecular flexibility index (Phi) is 2.43. The van der Waals surface area contributed by atoms with Gasteiger partial charge in [0.05, 0.1) is 6.10 Å². The molecule has 0 aromatic rings. The van der Waals surface area contributed by atoms with Crippen LogP contribution in [0.25, 0.3) is 0 Å². The summed E-state index contributed by atoms with van der Waals surface area (Å²) >= 11 is 0. The predicted molar refractivity (Wildman–Crippen MR) is 63.3 cm³/mol. The highest BCUT2D eigenvalue weighted by Gasteiger charge is 2.60. The van der Waals surface area contributed by atoms with Crippen molar-refractivity contribution >= 4 is 5.78 Å². The quantitative estimate of drug-likeness (QED) is 0.704. The van der Waals surface area contributed by atoms with Crippen molar-refractivity contribution in [3.63, 3.8) is 0 Å². The molecule has 4 unspecified atom stereocenters. The standard InChI is InChI=1S/C14H22O3/c1-9-3-4-11-10-5-6-12(15)13(10,2)7-8-14(11,16)17-9/h9-11,16H,3-8H2,1-2H3/t9?,10?,11?,13-,14?/m1/s1. The minimum absolute atomic E-state index is 0.151. The van der Waals surface area contributed by atoms with Crippen LogP contribution in [0.5, 0.6) is 0 Å². The smallest absolute Gasteiger partial charge is 0.168 e. The van der Waals surface area contributed by atoms with E-state index in [0.717, 1.165) is 25.7 Å². The Morgan fingerprint density at radius 3 is 2.76 bits per heavy atom. The normalized spacial score (nSPS) is 54.3. The molecule has 3 nitrogen and oxygen atoms in total. The van der Waals surface area contributed by atoms with Gasteiger partial charge in [0.15, 0.2) is 5.79 Å². The molecule has 0 bridgehead atoms. The van der Waals surface area contributed by atoms with Gasteiger partial charge in [0.25, 0.3) is 0 Å². The van der Waals surface area contributed by atoms with E-state index in [1.54, 1.807) is 0 Å². The molecule has 0 aromatic heterocycles. The molecule has 0 spiro atoms. The van der Waals surface area contributed by atoms with E-state index >= 15 is 0 Å². The maximum Gasteiger partial charge on any atom is 0.168 e. The Balaban J connectivity index is 1.91. The first-order valence-corrected chi connectivity index (χ1v) is 6.89. The van der Waals surface area contributed by atoms with Gasteiger partial charge in [-0.15, -0.1) is 0 Å². The number of hydrogen-bond donors (Lipinski definition) is 1. The zero-order valence-corrected chi connectivity index (χ0v) is 10.7. The summed E-state index contributed by atoms with van der Waals surface area (Å²) in [4.78, 5) is 12.1. The van der Waals surface area contributed by atoms with Gasteiger partial charge in [0.1, 0.15) is 5.78 Å². The van der Waals surface area contributed by atoms with E-state index < -0.39 is 5.79 Å². The third-order valence-electron chi connectivity index (χ3n) is 5.49. The molecule has 3 rings (SSSR count). The molecule has 2 aliphatic carbocycles. The molecule has 96 valence electrons. The lowest BCUT2D eigenvalue weighted by Crippen LogP contribution is -2.56. The van der Waals surface area contributed by atoms with Gasteiger partial charge in [0.2, 0.25) is 0 Å². The molecule has 1 saturated heterocycles. The maximum absolute atomic E-state index is 12.1. The van der Waals surface area contributed by atoms with Gasteiger partial charge in [-0.2, -0.15) is 0 Å². The summed E-state index contributed by atoms with van der Waals surface area (Å²) in [5.41, 5.74) is -0.180. The highest BCUT2D eigenvalue weighted by Crippen LogP contribution is 2.58. The van der Waals surface area contributed by atoms with Gasteiger partial charge < -0.3 is 9.84 Å². The number of aliphatic hydroxyl groups is 1. The maximum atomic E-state index is 12.1. The van der Waals surface area contributed by atoms with E-state index in [0.29, 0.717) is 24.5 Å². The Morgan fingerprint density at radius 2 is 2.00 bits per heavy atom. The van der Waals surface area contributed by atoms with Crippen LogP contribution in [0.3, 0.4) is 0 Å². The number of rotatable bonds is 0. The van der Waals surface area contributed by atoms with Crippen LogP contribution in [-0.2, 0) is 9.53 Å². The molecule has 1 heterocycles. The van der Waals surface area contributed by atoms with Crippen LogP contribution in [0.1, 0.15) is 52.4 Å². The van der Waals surface area contributed by atoms with Crippen LogP contribution < -0.4 is 0 Å². The molecule has 1 N–H and O–H groups in total. The fraction of sp³-hybridized carbons (Fsp3) is 0.929. The summed E-state index contributed by atoms with van der Waals surface area (Å²) in [6, 6.07) is 0. The molecular weight excluding hydrogens is 216 g/mol. The van der Waals surface area contributed by atoms with Crippen LogP contribution in [0.4, 0.5) is 0 Å². The van der Waals surface area contributed by atoms with Crippen LogP contribution in [0.2, 0.25) is 0 Å². The summed E-state index contributed by atoms with van der Waals surface area (Å²) in [6.45, 7) is 4.13. The average molecular weight is 238 g/mol. The average Bonchev–Trinajstić information content (AvgIpc) is 2.55. The molecule has 0 aromatic carbocycles.